The lowest BCUT2D eigenvalue weighted by Gasteiger charge is -2.42. The largest absolute Gasteiger partial charge is 0.463 e. The molecule has 0 spiro atoms. The molecule has 0 amide bonds. The number of nitriles is 1. The Morgan fingerprint density at radius 3 is 2.86 bits per heavy atom. The van der Waals surface area contributed by atoms with Crippen LogP contribution < -0.4 is 5.32 Å². The number of benzene rings is 1. The topological polar surface area (TPSA) is 81.5 Å². The number of aromatic nitrogens is 1. The second-order valence-electron chi connectivity index (χ2n) is 8.37. The van der Waals surface area contributed by atoms with Crippen LogP contribution in [0.1, 0.15) is 36.1 Å². The van der Waals surface area contributed by atoms with Crippen LogP contribution in [0.2, 0.25) is 5.02 Å². The number of alkyl halides is 2. The minimum Gasteiger partial charge on any atom is -0.463 e. The van der Waals surface area contributed by atoms with Crippen LogP contribution in [0.3, 0.4) is 0 Å². The smallest absolute Gasteiger partial charge is 0.337 e. The number of carbonyl (C=O) groups excluding carboxylic acids is 1. The number of nitrogens with one attached hydrogen (secondary N) is 1. The minimum absolute atomic E-state index is 0.0850. The van der Waals surface area contributed by atoms with Crippen LogP contribution in [-0.2, 0) is 9.53 Å². The number of hydrogen-bond acceptors (Lipinski definition) is 8. The van der Waals surface area contributed by atoms with Gasteiger partial charge in [-0.05, 0) is 31.7 Å². The third-order valence-corrected chi connectivity index (χ3v) is 7.19. The summed E-state index contributed by atoms with van der Waals surface area (Å²) in [6.45, 7) is 1.00. The number of likely N-dealkylation sites (N-methyl/N-ethyl adjacent to an activating group) is 1. The Morgan fingerprint density at radius 2 is 2.23 bits per heavy atom. The molecule has 0 radical (unpaired) electrons. The molecule has 12 heteroatoms. The van der Waals surface area contributed by atoms with Crippen molar-refractivity contribution in [1.82, 2.24) is 20.1 Å². The first kappa shape index (κ1) is 25.4. The summed E-state index contributed by atoms with van der Waals surface area (Å²) in [5.41, 5.74) is 0.926. The molecule has 0 aliphatic carbocycles. The first-order valence-electron chi connectivity index (χ1n) is 10.9. The highest BCUT2D eigenvalue weighted by atomic mass is 35.5. The molecule has 3 unspecified atom stereocenters. The molecule has 4 rings (SSSR count). The Balaban J connectivity index is 1.87. The van der Waals surface area contributed by atoms with E-state index in [1.807, 2.05) is 11.0 Å². The van der Waals surface area contributed by atoms with E-state index in [4.69, 9.17) is 16.3 Å². The molecular formula is C23H23ClF3N5O2S. The zero-order valence-corrected chi connectivity index (χ0v) is 20.5. The summed E-state index contributed by atoms with van der Waals surface area (Å²) in [6.07, 6.45) is 0.499. The molecule has 35 heavy (non-hydrogen) atoms. The van der Waals surface area contributed by atoms with Crippen LogP contribution in [0.25, 0.3) is 0 Å². The molecule has 186 valence electrons. The van der Waals surface area contributed by atoms with Gasteiger partial charge in [0.15, 0.2) is 0 Å². The third kappa shape index (κ3) is 5.16. The number of carbonyl (C=O) groups is 1. The zero-order valence-electron chi connectivity index (χ0n) is 19.0. The van der Waals surface area contributed by atoms with Gasteiger partial charge in [-0.2, -0.15) is 5.26 Å². The Bertz CT molecular complexity index is 1170. The molecule has 1 aromatic carbocycles. The average Bonchev–Trinajstić information content (AvgIpc) is 3.42. The summed E-state index contributed by atoms with van der Waals surface area (Å²) >= 11 is 7.79. The molecule has 2 aliphatic heterocycles. The maximum absolute atomic E-state index is 14.2. The number of esters is 1. The number of likely N-dealkylation sites (tertiary alicyclic amines) is 1. The van der Waals surface area contributed by atoms with Crippen LogP contribution in [-0.4, -0.2) is 59.5 Å². The predicted octanol–water partition coefficient (Wildman–Crippen LogP) is 4.26. The van der Waals surface area contributed by atoms with Gasteiger partial charge in [0, 0.05) is 35.3 Å². The lowest BCUT2D eigenvalue weighted by atomic mass is 9.92. The van der Waals surface area contributed by atoms with Gasteiger partial charge in [-0.3, -0.25) is 9.80 Å². The second-order valence-corrected chi connectivity index (χ2v) is 9.71. The van der Waals surface area contributed by atoms with Gasteiger partial charge in [-0.25, -0.2) is 22.9 Å². The monoisotopic (exact) mass is 525 g/mol. The lowest BCUT2D eigenvalue weighted by molar-refractivity contribution is -0.140. The van der Waals surface area contributed by atoms with Crippen LogP contribution in [0, 0.1) is 17.1 Å². The highest BCUT2D eigenvalue weighted by Crippen LogP contribution is 2.43. The van der Waals surface area contributed by atoms with Gasteiger partial charge in [0.1, 0.15) is 23.0 Å². The van der Waals surface area contributed by atoms with Gasteiger partial charge < -0.3 is 10.1 Å². The molecule has 1 N–H and O–H groups in total. The Labute approximate surface area is 209 Å². The quantitative estimate of drug-likeness (QED) is 0.564. The lowest BCUT2D eigenvalue weighted by Crippen LogP contribution is -2.48. The van der Waals surface area contributed by atoms with E-state index in [1.165, 1.54) is 28.4 Å². The van der Waals surface area contributed by atoms with E-state index < -0.39 is 48.9 Å². The van der Waals surface area contributed by atoms with E-state index in [9.17, 15) is 23.2 Å². The minimum atomic E-state index is -3.02. The van der Waals surface area contributed by atoms with E-state index in [0.29, 0.717) is 16.3 Å². The molecule has 1 fully saturated rings. The van der Waals surface area contributed by atoms with Crippen molar-refractivity contribution in [2.75, 3.05) is 26.7 Å². The van der Waals surface area contributed by atoms with Crippen molar-refractivity contribution in [3.8, 4) is 6.07 Å². The summed E-state index contributed by atoms with van der Waals surface area (Å²) < 4.78 is 47.5. The molecule has 0 bridgehead atoms. The summed E-state index contributed by atoms with van der Waals surface area (Å²) in [4.78, 5) is 20.8. The maximum atomic E-state index is 14.2. The van der Waals surface area contributed by atoms with Crippen molar-refractivity contribution in [3.05, 3.63) is 62.5 Å². The number of hydrogen-bond donors (Lipinski definition) is 1. The van der Waals surface area contributed by atoms with E-state index in [1.54, 1.807) is 25.5 Å². The van der Waals surface area contributed by atoms with Gasteiger partial charge in [-0.1, -0.05) is 17.7 Å². The fourth-order valence-corrected chi connectivity index (χ4v) is 5.53. The van der Waals surface area contributed by atoms with E-state index in [0.717, 1.165) is 6.07 Å². The number of ether oxygens (including phenoxy) is 1. The molecule has 2 aliphatic rings. The Hall–Kier alpha value is -2.65. The van der Waals surface area contributed by atoms with Gasteiger partial charge in [-0.15, -0.1) is 11.3 Å². The fourth-order valence-electron chi connectivity index (χ4n) is 4.52. The molecule has 7 nitrogen and oxygen atoms in total. The zero-order chi connectivity index (χ0) is 25.3. The molecular weight excluding hydrogens is 503 g/mol. The number of halogens is 4. The summed E-state index contributed by atoms with van der Waals surface area (Å²) in [6, 6.07) is 4.00. The van der Waals surface area contributed by atoms with Gasteiger partial charge in [0.05, 0.1) is 30.8 Å². The first-order chi connectivity index (χ1) is 16.6. The Kier molecular flexibility index (Phi) is 7.38. The Morgan fingerprint density at radius 1 is 1.46 bits per heavy atom. The van der Waals surface area contributed by atoms with Crippen LogP contribution >= 0.6 is 22.9 Å². The maximum Gasteiger partial charge on any atom is 0.337 e. The SMILES string of the molecule is CCOC(=O)C1=C(CN2CC(F)(F)CC2C#N)NC(c2nccs2)N(C)C1c1ccc(F)cc1Cl. The number of nitrogens with zero attached hydrogens (tertiary/aromatic N) is 4. The first-order valence-corrected chi connectivity index (χ1v) is 12.2. The molecule has 2 aromatic rings. The van der Waals surface area contributed by atoms with Crippen LogP contribution in [0.15, 0.2) is 41.0 Å². The normalized spacial score (nSPS) is 24.8. The van der Waals surface area contributed by atoms with Gasteiger partial charge in [0.2, 0.25) is 0 Å². The molecule has 3 atom stereocenters. The summed E-state index contributed by atoms with van der Waals surface area (Å²) in [5, 5.41) is 15.3. The third-order valence-electron chi connectivity index (χ3n) is 6.04. The molecule has 0 saturated carbocycles. The molecule has 1 saturated heterocycles. The van der Waals surface area contributed by atoms with Crippen LogP contribution in [0.5, 0.6) is 0 Å². The highest BCUT2D eigenvalue weighted by molar-refractivity contribution is 7.09. The predicted molar refractivity (Wildman–Crippen MR) is 124 cm³/mol. The average molecular weight is 526 g/mol. The van der Waals surface area contributed by atoms with E-state index in [-0.39, 0.29) is 23.7 Å². The van der Waals surface area contributed by atoms with Crippen molar-refractivity contribution in [1.29, 1.82) is 5.26 Å². The van der Waals surface area contributed by atoms with Gasteiger partial charge in [0.25, 0.3) is 5.92 Å². The van der Waals surface area contributed by atoms with E-state index in [2.05, 4.69) is 10.3 Å². The van der Waals surface area contributed by atoms with Crippen molar-refractivity contribution in [3.63, 3.8) is 0 Å². The number of rotatable bonds is 6. The standard InChI is InChI=1S/C23H23ClF3N5O2S/c1-3-34-22(33)18-17(11-32-12-23(26,27)9-14(32)10-28)30-20(21-29-6-7-35-21)31(2)19(18)15-5-4-13(25)8-16(15)24/h4-8,14,19-20,30H,3,9,11-12H2,1-2H3. The second kappa shape index (κ2) is 10.1. The van der Waals surface area contributed by atoms with Crippen molar-refractivity contribution < 1.29 is 22.7 Å². The van der Waals surface area contributed by atoms with Gasteiger partial charge >= 0.3 is 5.97 Å². The summed E-state index contributed by atoms with van der Waals surface area (Å²) in [7, 11) is 1.75. The summed E-state index contributed by atoms with van der Waals surface area (Å²) in [5.74, 6) is -4.22. The van der Waals surface area contributed by atoms with Crippen molar-refractivity contribution in [2.24, 2.45) is 0 Å². The highest BCUT2D eigenvalue weighted by Gasteiger charge is 2.47. The number of thiazole rings is 1. The van der Waals surface area contributed by atoms with E-state index >= 15 is 0 Å². The van der Waals surface area contributed by atoms with Crippen molar-refractivity contribution in [2.45, 2.75) is 37.5 Å². The van der Waals surface area contributed by atoms with Crippen molar-refractivity contribution >= 4 is 28.9 Å². The fraction of sp³-hybridized carbons (Fsp3) is 0.435. The molecule has 3 heterocycles. The van der Waals surface area contributed by atoms with Crippen LogP contribution in [0.4, 0.5) is 13.2 Å². The molecule has 1 aromatic heterocycles.